The molecule has 0 radical (unpaired) electrons. The molecule has 5 heteroatoms. The number of rotatable bonds is 6. The molecule has 116 valence electrons. The summed E-state index contributed by atoms with van der Waals surface area (Å²) >= 11 is 5.04. The molecule has 2 aromatic carbocycles. The van der Waals surface area contributed by atoms with Gasteiger partial charge in [-0.2, -0.15) is 0 Å². The van der Waals surface area contributed by atoms with Gasteiger partial charge in [-0.15, -0.1) is 11.8 Å². The van der Waals surface area contributed by atoms with Crippen molar-refractivity contribution in [3.05, 3.63) is 58.6 Å². The van der Waals surface area contributed by atoms with E-state index in [1.165, 1.54) is 0 Å². The Labute approximate surface area is 143 Å². The van der Waals surface area contributed by atoms with Crippen LogP contribution < -0.4 is 10.1 Å². The Balaban J connectivity index is 1.87. The quantitative estimate of drug-likeness (QED) is 0.762. The van der Waals surface area contributed by atoms with Crippen LogP contribution in [0.15, 0.2) is 57.9 Å². The standard InChI is InChI=1S/C17H18BrNO2S/c1-12(22-16-6-4-3-5-15(16)18)17(20)19-11-13-7-9-14(21-2)10-8-13/h3-10,12H,11H2,1-2H3,(H,19,20)/t12-/m1/s1. The first-order valence-corrected chi connectivity index (χ1v) is 8.59. The van der Waals surface area contributed by atoms with Crippen molar-refractivity contribution in [2.45, 2.75) is 23.6 Å². The van der Waals surface area contributed by atoms with Crippen molar-refractivity contribution in [3.8, 4) is 5.75 Å². The van der Waals surface area contributed by atoms with Gasteiger partial charge in [-0.05, 0) is 52.7 Å². The highest BCUT2D eigenvalue weighted by molar-refractivity contribution is 9.10. The summed E-state index contributed by atoms with van der Waals surface area (Å²) in [5.41, 5.74) is 1.05. The minimum Gasteiger partial charge on any atom is -0.497 e. The highest BCUT2D eigenvalue weighted by Crippen LogP contribution is 2.30. The largest absolute Gasteiger partial charge is 0.497 e. The zero-order chi connectivity index (χ0) is 15.9. The lowest BCUT2D eigenvalue weighted by Crippen LogP contribution is -2.30. The van der Waals surface area contributed by atoms with Gasteiger partial charge in [0.1, 0.15) is 5.75 Å². The lowest BCUT2D eigenvalue weighted by molar-refractivity contribution is -0.120. The van der Waals surface area contributed by atoms with Gasteiger partial charge in [0.25, 0.3) is 0 Å². The van der Waals surface area contributed by atoms with Crippen molar-refractivity contribution < 1.29 is 9.53 Å². The third kappa shape index (κ3) is 4.78. The monoisotopic (exact) mass is 379 g/mol. The Morgan fingerprint density at radius 3 is 2.55 bits per heavy atom. The Kier molecular flexibility index (Phi) is 6.34. The van der Waals surface area contributed by atoms with Crippen LogP contribution in [0.3, 0.4) is 0 Å². The molecule has 1 atom stereocenters. The van der Waals surface area contributed by atoms with Crippen molar-refractivity contribution in [2.24, 2.45) is 0 Å². The Morgan fingerprint density at radius 1 is 1.23 bits per heavy atom. The molecule has 0 unspecified atom stereocenters. The number of nitrogens with one attached hydrogen (secondary N) is 1. The minimum atomic E-state index is -0.156. The van der Waals surface area contributed by atoms with Gasteiger partial charge in [-0.1, -0.05) is 24.3 Å². The van der Waals surface area contributed by atoms with E-state index < -0.39 is 0 Å². The molecular weight excluding hydrogens is 362 g/mol. The fourth-order valence-corrected chi connectivity index (χ4v) is 3.33. The third-order valence-electron chi connectivity index (χ3n) is 3.14. The van der Waals surface area contributed by atoms with Crippen molar-refractivity contribution in [1.82, 2.24) is 5.32 Å². The number of carbonyl (C=O) groups is 1. The van der Waals surface area contributed by atoms with Gasteiger partial charge in [-0.3, -0.25) is 4.79 Å². The van der Waals surface area contributed by atoms with Crippen molar-refractivity contribution >= 4 is 33.6 Å². The molecule has 0 aliphatic rings. The van der Waals surface area contributed by atoms with Crippen molar-refractivity contribution in [2.75, 3.05) is 7.11 Å². The second-order valence-corrected chi connectivity index (χ2v) is 6.99. The molecule has 3 nitrogen and oxygen atoms in total. The summed E-state index contributed by atoms with van der Waals surface area (Å²) < 4.78 is 6.12. The lowest BCUT2D eigenvalue weighted by Gasteiger charge is -2.13. The molecule has 1 N–H and O–H groups in total. The molecule has 0 bridgehead atoms. The van der Waals surface area contributed by atoms with Crippen LogP contribution in [-0.2, 0) is 11.3 Å². The number of thioether (sulfide) groups is 1. The first-order chi connectivity index (χ1) is 10.6. The van der Waals surface area contributed by atoms with Crippen LogP contribution in [0.25, 0.3) is 0 Å². The molecule has 2 aromatic rings. The normalized spacial score (nSPS) is 11.8. The number of benzene rings is 2. The van der Waals surface area contributed by atoms with E-state index in [9.17, 15) is 4.79 Å². The van der Waals surface area contributed by atoms with E-state index in [0.29, 0.717) is 6.54 Å². The van der Waals surface area contributed by atoms with Gasteiger partial charge >= 0.3 is 0 Å². The number of hydrogen-bond donors (Lipinski definition) is 1. The Morgan fingerprint density at radius 2 is 1.91 bits per heavy atom. The van der Waals surface area contributed by atoms with Crippen molar-refractivity contribution in [1.29, 1.82) is 0 Å². The molecule has 0 fully saturated rings. The first-order valence-electron chi connectivity index (χ1n) is 6.92. The number of amides is 1. The number of ether oxygens (including phenoxy) is 1. The van der Waals surface area contributed by atoms with E-state index in [-0.39, 0.29) is 11.2 Å². The number of hydrogen-bond acceptors (Lipinski definition) is 3. The van der Waals surface area contributed by atoms with E-state index in [1.807, 2.05) is 55.5 Å². The molecule has 22 heavy (non-hydrogen) atoms. The van der Waals surface area contributed by atoms with Crippen molar-refractivity contribution in [3.63, 3.8) is 0 Å². The van der Waals surface area contributed by atoms with E-state index >= 15 is 0 Å². The molecule has 0 heterocycles. The molecule has 0 spiro atoms. The van der Waals surface area contributed by atoms with Gasteiger partial charge < -0.3 is 10.1 Å². The van der Waals surface area contributed by atoms with Gasteiger partial charge in [0.05, 0.1) is 12.4 Å². The molecule has 0 aromatic heterocycles. The SMILES string of the molecule is COc1ccc(CNC(=O)[C@@H](C)Sc2ccccc2Br)cc1. The zero-order valence-corrected chi connectivity index (χ0v) is 14.9. The van der Waals surface area contributed by atoms with E-state index in [4.69, 9.17) is 4.74 Å². The second-order valence-electron chi connectivity index (χ2n) is 4.76. The van der Waals surface area contributed by atoms with Crippen LogP contribution in [-0.4, -0.2) is 18.3 Å². The van der Waals surface area contributed by atoms with Crippen LogP contribution in [0.2, 0.25) is 0 Å². The van der Waals surface area contributed by atoms with Crippen LogP contribution in [0.4, 0.5) is 0 Å². The van der Waals surface area contributed by atoms with Gasteiger partial charge in [0, 0.05) is 15.9 Å². The average molecular weight is 380 g/mol. The number of carbonyl (C=O) groups excluding carboxylic acids is 1. The maximum absolute atomic E-state index is 12.2. The number of methoxy groups -OCH3 is 1. The van der Waals surface area contributed by atoms with Crippen LogP contribution >= 0.6 is 27.7 Å². The molecular formula is C17H18BrNO2S. The van der Waals surface area contributed by atoms with Crippen LogP contribution in [0.5, 0.6) is 5.75 Å². The maximum atomic E-state index is 12.2. The van der Waals surface area contributed by atoms with Gasteiger partial charge in [0.2, 0.25) is 5.91 Å². The second kappa shape index (κ2) is 8.25. The third-order valence-corrected chi connectivity index (χ3v) is 5.27. The molecule has 0 aliphatic heterocycles. The highest BCUT2D eigenvalue weighted by atomic mass is 79.9. The predicted molar refractivity (Wildman–Crippen MR) is 94.3 cm³/mol. The Hall–Kier alpha value is -1.46. The summed E-state index contributed by atoms with van der Waals surface area (Å²) in [4.78, 5) is 13.2. The van der Waals surface area contributed by atoms with Gasteiger partial charge in [-0.25, -0.2) is 0 Å². The van der Waals surface area contributed by atoms with Gasteiger partial charge in [0.15, 0.2) is 0 Å². The fraction of sp³-hybridized carbons (Fsp3) is 0.235. The average Bonchev–Trinajstić information content (AvgIpc) is 2.55. The zero-order valence-electron chi connectivity index (χ0n) is 12.5. The fourth-order valence-electron chi connectivity index (χ4n) is 1.86. The van der Waals surface area contributed by atoms with E-state index in [1.54, 1.807) is 18.9 Å². The molecule has 0 saturated carbocycles. The van der Waals surface area contributed by atoms with E-state index in [2.05, 4.69) is 21.2 Å². The minimum absolute atomic E-state index is 0.0246. The molecule has 0 aliphatic carbocycles. The lowest BCUT2D eigenvalue weighted by atomic mass is 10.2. The van der Waals surface area contributed by atoms with E-state index in [0.717, 1.165) is 20.7 Å². The topological polar surface area (TPSA) is 38.3 Å². The first kappa shape index (κ1) is 16.9. The summed E-state index contributed by atoms with van der Waals surface area (Å²) in [5.74, 6) is 0.837. The molecule has 1 amide bonds. The summed E-state index contributed by atoms with van der Waals surface area (Å²) in [7, 11) is 1.64. The van der Waals surface area contributed by atoms with Crippen LogP contribution in [0.1, 0.15) is 12.5 Å². The molecule has 0 saturated heterocycles. The summed E-state index contributed by atoms with van der Waals surface area (Å²) in [6.07, 6.45) is 0. The summed E-state index contributed by atoms with van der Waals surface area (Å²) in [5, 5.41) is 2.80. The Bertz CT molecular complexity index is 631. The number of halogens is 1. The highest BCUT2D eigenvalue weighted by Gasteiger charge is 2.15. The smallest absolute Gasteiger partial charge is 0.233 e. The maximum Gasteiger partial charge on any atom is 0.233 e. The predicted octanol–water partition coefficient (Wildman–Crippen LogP) is 4.25. The summed E-state index contributed by atoms with van der Waals surface area (Å²) in [6.45, 7) is 2.43. The molecule has 2 rings (SSSR count). The summed E-state index contributed by atoms with van der Waals surface area (Å²) in [6, 6.07) is 15.6. The van der Waals surface area contributed by atoms with Crippen LogP contribution in [0, 0.1) is 0 Å².